The lowest BCUT2D eigenvalue weighted by Crippen LogP contribution is -2.34. The highest BCUT2D eigenvalue weighted by atomic mass is 35.5. The number of aromatic nitrogens is 1. The molecule has 118 valence electrons. The third-order valence-electron chi connectivity index (χ3n) is 4.25. The predicted molar refractivity (Wildman–Crippen MR) is 91.1 cm³/mol. The van der Waals surface area contributed by atoms with Crippen molar-refractivity contribution in [3.8, 4) is 0 Å². The second-order valence-electron chi connectivity index (χ2n) is 6.09. The van der Waals surface area contributed by atoms with Gasteiger partial charge in [0.2, 0.25) is 0 Å². The third kappa shape index (κ3) is 4.86. The van der Waals surface area contributed by atoms with Crippen LogP contribution in [0.1, 0.15) is 58.4 Å². The van der Waals surface area contributed by atoms with Gasteiger partial charge in [0.25, 0.3) is 0 Å². The largest absolute Gasteiger partial charge is 0.354 e. The normalized spacial score (nSPS) is 16.0. The van der Waals surface area contributed by atoms with Crippen LogP contribution in [0.5, 0.6) is 0 Å². The fourth-order valence-corrected chi connectivity index (χ4v) is 2.58. The Morgan fingerprint density at radius 2 is 2.19 bits per heavy atom. The van der Waals surface area contributed by atoms with Crippen LogP contribution in [0.3, 0.4) is 0 Å². The minimum Gasteiger partial charge on any atom is -0.354 e. The topological polar surface area (TPSA) is 28.2 Å². The molecule has 0 aromatic carbocycles. The Kier molecular flexibility index (Phi) is 6.31. The van der Waals surface area contributed by atoms with Crippen molar-refractivity contribution in [2.75, 3.05) is 11.4 Å². The van der Waals surface area contributed by atoms with E-state index in [1.165, 1.54) is 31.2 Å². The molecule has 0 radical (unpaired) electrons. The molecule has 0 amide bonds. The molecule has 1 saturated carbocycles. The third-order valence-corrected chi connectivity index (χ3v) is 4.59. The van der Waals surface area contributed by atoms with E-state index in [0.29, 0.717) is 12.1 Å². The summed E-state index contributed by atoms with van der Waals surface area (Å²) in [5.74, 6) is 1.06. The first kappa shape index (κ1) is 16.6. The van der Waals surface area contributed by atoms with Crippen molar-refractivity contribution in [2.24, 2.45) is 0 Å². The van der Waals surface area contributed by atoms with Crippen LogP contribution in [0.2, 0.25) is 5.02 Å². The van der Waals surface area contributed by atoms with E-state index in [9.17, 15) is 0 Å². The zero-order valence-electron chi connectivity index (χ0n) is 13.5. The van der Waals surface area contributed by atoms with Crippen molar-refractivity contribution in [1.29, 1.82) is 0 Å². The summed E-state index contributed by atoms with van der Waals surface area (Å²) in [6.07, 6.45) is 7.93. The van der Waals surface area contributed by atoms with Gasteiger partial charge in [-0.05, 0) is 44.2 Å². The molecule has 2 rings (SSSR count). The maximum Gasteiger partial charge on any atom is 0.129 e. The number of unbranched alkanes of at least 4 members (excludes halogenated alkanes) is 1. The van der Waals surface area contributed by atoms with Gasteiger partial charge in [0.15, 0.2) is 0 Å². The standard InChI is InChI=1S/C17H28ClN3/c1-4-6-9-21(13(3)5-2)17-10-14(16(18)12-20-17)11-19-15-7-8-15/h10,12-13,15,19H,4-9,11H2,1-3H3. The second-order valence-corrected chi connectivity index (χ2v) is 6.50. The first-order chi connectivity index (χ1) is 10.2. The molecule has 4 heteroatoms. The molecule has 1 aliphatic carbocycles. The van der Waals surface area contributed by atoms with Crippen LogP contribution in [0.15, 0.2) is 12.3 Å². The van der Waals surface area contributed by atoms with Crippen LogP contribution in [0.25, 0.3) is 0 Å². The fourth-order valence-electron chi connectivity index (χ4n) is 2.41. The maximum atomic E-state index is 6.30. The SMILES string of the molecule is CCCCN(c1cc(CNC2CC2)c(Cl)cn1)C(C)CC. The maximum absolute atomic E-state index is 6.30. The molecule has 1 N–H and O–H groups in total. The molecule has 1 heterocycles. The van der Waals surface area contributed by atoms with Gasteiger partial charge in [0.1, 0.15) is 5.82 Å². The molecular weight excluding hydrogens is 282 g/mol. The van der Waals surface area contributed by atoms with Crippen LogP contribution in [0.4, 0.5) is 5.82 Å². The van der Waals surface area contributed by atoms with E-state index >= 15 is 0 Å². The Balaban J connectivity index is 2.11. The number of nitrogens with zero attached hydrogens (tertiary/aromatic N) is 2. The first-order valence-corrected chi connectivity index (χ1v) is 8.67. The summed E-state index contributed by atoms with van der Waals surface area (Å²) in [4.78, 5) is 6.99. The molecule has 0 bridgehead atoms. The quantitative estimate of drug-likeness (QED) is 0.733. The Hall–Kier alpha value is -0.800. The lowest BCUT2D eigenvalue weighted by molar-refractivity contribution is 0.589. The summed E-state index contributed by atoms with van der Waals surface area (Å²) in [5.41, 5.74) is 1.17. The van der Waals surface area contributed by atoms with Gasteiger partial charge in [-0.2, -0.15) is 0 Å². The predicted octanol–water partition coefficient (Wildman–Crippen LogP) is 4.39. The molecule has 1 unspecified atom stereocenters. The Labute approximate surface area is 134 Å². The second kappa shape index (κ2) is 8.00. The molecule has 1 aromatic heterocycles. The molecule has 1 atom stereocenters. The minimum atomic E-state index is 0.509. The summed E-state index contributed by atoms with van der Waals surface area (Å²) in [5, 5.41) is 4.31. The van der Waals surface area contributed by atoms with Gasteiger partial charge in [-0.3, -0.25) is 0 Å². The molecule has 1 aromatic rings. The highest BCUT2D eigenvalue weighted by Crippen LogP contribution is 2.25. The van der Waals surface area contributed by atoms with Crippen molar-refractivity contribution in [1.82, 2.24) is 10.3 Å². The van der Waals surface area contributed by atoms with Gasteiger partial charge in [-0.1, -0.05) is 31.9 Å². The van der Waals surface area contributed by atoms with Crippen molar-refractivity contribution in [3.63, 3.8) is 0 Å². The number of nitrogens with one attached hydrogen (secondary N) is 1. The number of hydrogen-bond donors (Lipinski definition) is 1. The van der Waals surface area contributed by atoms with E-state index in [0.717, 1.165) is 30.4 Å². The van der Waals surface area contributed by atoms with Crippen molar-refractivity contribution < 1.29 is 0 Å². The van der Waals surface area contributed by atoms with Crippen molar-refractivity contribution >= 4 is 17.4 Å². The van der Waals surface area contributed by atoms with Crippen molar-refractivity contribution in [2.45, 2.75) is 71.5 Å². The summed E-state index contributed by atoms with van der Waals surface area (Å²) >= 11 is 6.30. The zero-order chi connectivity index (χ0) is 15.2. The van der Waals surface area contributed by atoms with Gasteiger partial charge >= 0.3 is 0 Å². The Bertz CT molecular complexity index is 446. The van der Waals surface area contributed by atoms with Crippen LogP contribution >= 0.6 is 11.6 Å². The lowest BCUT2D eigenvalue weighted by atomic mass is 10.1. The summed E-state index contributed by atoms with van der Waals surface area (Å²) in [6.45, 7) is 8.65. The molecule has 0 spiro atoms. The molecule has 0 saturated heterocycles. The Morgan fingerprint density at radius 3 is 2.81 bits per heavy atom. The molecular formula is C17H28ClN3. The summed E-state index contributed by atoms with van der Waals surface area (Å²) in [6, 6.07) is 3.37. The van der Waals surface area contributed by atoms with Crippen LogP contribution in [-0.2, 0) is 6.54 Å². The minimum absolute atomic E-state index is 0.509. The van der Waals surface area contributed by atoms with E-state index in [4.69, 9.17) is 11.6 Å². The molecule has 21 heavy (non-hydrogen) atoms. The smallest absolute Gasteiger partial charge is 0.129 e. The van der Waals surface area contributed by atoms with Gasteiger partial charge in [0.05, 0.1) is 5.02 Å². The van der Waals surface area contributed by atoms with E-state index < -0.39 is 0 Å². The molecule has 1 aliphatic rings. The van der Waals surface area contributed by atoms with E-state index in [1.54, 1.807) is 0 Å². The summed E-state index contributed by atoms with van der Waals surface area (Å²) in [7, 11) is 0. The van der Waals surface area contributed by atoms with E-state index in [1.807, 2.05) is 6.20 Å². The van der Waals surface area contributed by atoms with Gasteiger partial charge in [-0.25, -0.2) is 4.98 Å². The number of anilines is 1. The monoisotopic (exact) mass is 309 g/mol. The highest BCUT2D eigenvalue weighted by Gasteiger charge is 2.21. The highest BCUT2D eigenvalue weighted by molar-refractivity contribution is 6.31. The molecule has 0 aliphatic heterocycles. The van der Waals surface area contributed by atoms with E-state index in [-0.39, 0.29) is 0 Å². The Morgan fingerprint density at radius 1 is 1.43 bits per heavy atom. The van der Waals surface area contributed by atoms with Crippen LogP contribution in [-0.4, -0.2) is 23.6 Å². The number of pyridine rings is 1. The van der Waals surface area contributed by atoms with Crippen molar-refractivity contribution in [3.05, 3.63) is 22.8 Å². The van der Waals surface area contributed by atoms with E-state index in [2.05, 4.69) is 42.0 Å². The number of hydrogen-bond acceptors (Lipinski definition) is 3. The van der Waals surface area contributed by atoms with Crippen LogP contribution in [0, 0.1) is 0 Å². The first-order valence-electron chi connectivity index (χ1n) is 8.30. The zero-order valence-corrected chi connectivity index (χ0v) is 14.3. The van der Waals surface area contributed by atoms with Gasteiger partial charge < -0.3 is 10.2 Å². The molecule has 1 fully saturated rings. The summed E-state index contributed by atoms with van der Waals surface area (Å²) < 4.78 is 0. The average Bonchev–Trinajstić information content (AvgIpc) is 3.31. The average molecular weight is 310 g/mol. The number of rotatable bonds is 9. The van der Waals surface area contributed by atoms with Crippen LogP contribution < -0.4 is 10.2 Å². The lowest BCUT2D eigenvalue weighted by Gasteiger charge is -2.30. The molecule has 3 nitrogen and oxygen atoms in total. The fraction of sp³-hybridized carbons (Fsp3) is 0.706. The van der Waals surface area contributed by atoms with Gasteiger partial charge in [-0.15, -0.1) is 0 Å². The van der Waals surface area contributed by atoms with Gasteiger partial charge in [0, 0.05) is 31.4 Å². The number of halogens is 1.